The summed E-state index contributed by atoms with van der Waals surface area (Å²) in [5.41, 5.74) is 5.82. The van der Waals surface area contributed by atoms with E-state index in [9.17, 15) is 9.59 Å². The van der Waals surface area contributed by atoms with Crippen molar-refractivity contribution in [2.45, 2.75) is 0 Å². The van der Waals surface area contributed by atoms with Crippen molar-refractivity contribution < 1.29 is 14.0 Å². The van der Waals surface area contributed by atoms with Crippen LogP contribution in [0.1, 0.15) is 21.0 Å². The average Bonchev–Trinajstić information content (AvgIpc) is 3.37. The number of amides is 2. The third kappa shape index (κ3) is 3.26. The molecule has 0 saturated carbocycles. The number of hydrazine groups is 1. The van der Waals surface area contributed by atoms with Gasteiger partial charge in [0.05, 0.1) is 10.2 Å². The van der Waals surface area contributed by atoms with Gasteiger partial charge in [-0.3, -0.25) is 20.4 Å². The highest BCUT2D eigenvalue weighted by Gasteiger charge is 2.16. The van der Waals surface area contributed by atoms with Crippen LogP contribution in [0.2, 0.25) is 0 Å². The van der Waals surface area contributed by atoms with Crippen LogP contribution >= 0.6 is 27.3 Å². The van der Waals surface area contributed by atoms with Gasteiger partial charge in [-0.15, -0.1) is 11.3 Å². The zero-order chi connectivity index (χ0) is 18.1. The second-order valence-electron chi connectivity index (χ2n) is 5.29. The number of hydrogen-bond donors (Lipinski definition) is 3. The Bertz CT molecular complexity index is 1080. The zero-order valence-electron chi connectivity index (χ0n) is 13.1. The Morgan fingerprint density at radius 1 is 1.12 bits per heavy atom. The van der Waals surface area contributed by atoms with Crippen LogP contribution in [-0.4, -0.2) is 21.8 Å². The summed E-state index contributed by atoms with van der Waals surface area (Å²) in [7, 11) is 0. The van der Waals surface area contributed by atoms with Gasteiger partial charge in [0.2, 0.25) is 0 Å². The second kappa shape index (κ2) is 6.77. The predicted octanol–water partition coefficient (Wildman–Crippen LogP) is 3.72. The van der Waals surface area contributed by atoms with Gasteiger partial charge in [-0.2, -0.15) is 0 Å². The fourth-order valence-electron chi connectivity index (χ4n) is 2.29. The second-order valence-corrected chi connectivity index (χ2v) is 7.24. The summed E-state index contributed by atoms with van der Waals surface area (Å²) >= 11 is 4.71. The minimum Gasteiger partial charge on any atom is -0.448 e. The van der Waals surface area contributed by atoms with Gasteiger partial charge in [-0.1, -0.05) is 12.1 Å². The molecule has 0 spiro atoms. The summed E-state index contributed by atoms with van der Waals surface area (Å²) in [4.78, 5) is 31.3. The number of benzene rings is 1. The molecule has 0 unspecified atom stereocenters. The fourth-order valence-corrected chi connectivity index (χ4v) is 3.56. The fraction of sp³-hybridized carbons (Fsp3) is 0. The van der Waals surface area contributed by atoms with E-state index in [-0.39, 0.29) is 5.76 Å². The van der Waals surface area contributed by atoms with Crippen molar-refractivity contribution in [3.8, 4) is 10.8 Å². The van der Waals surface area contributed by atoms with Crippen LogP contribution in [0.5, 0.6) is 0 Å². The Morgan fingerprint density at radius 2 is 1.92 bits per heavy atom. The maximum absolute atomic E-state index is 12.1. The van der Waals surface area contributed by atoms with E-state index < -0.39 is 11.8 Å². The lowest BCUT2D eigenvalue weighted by Crippen LogP contribution is -2.41. The van der Waals surface area contributed by atoms with E-state index in [0.29, 0.717) is 16.5 Å². The number of rotatable bonds is 3. The molecule has 0 aliphatic carbocycles. The Kier molecular flexibility index (Phi) is 4.31. The topological polar surface area (TPSA) is 100 Å². The first kappa shape index (κ1) is 16.6. The quantitative estimate of drug-likeness (QED) is 0.431. The van der Waals surface area contributed by atoms with Crippen LogP contribution < -0.4 is 10.9 Å². The normalized spacial score (nSPS) is 10.8. The first-order valence-electron chi connectivity index (χ1n) is 7.50. The maximum Gasteiger partial charge on any atom is 0.305 e. The molecule has 9 heteroatoms. The largest absolute Gasteiger partial charge is 0.448 e. The van der Waals surface area contributed by atoms with E-state index in [0.717, 1.165) is 14.7 Å². The number of halogens is 1. The Balaban J connectivity index is 1.45. The minimum atomic E-state index is -0.559. The van der Waals surface area contributed by atoms with Crippen molar-refractivity contribution in [1.29, 1.82) is 0 Å². The van der Waals surface area contributed by atoms with Crippen LogP contribution in [0.15, 0.2) is 57.6 Å². The highest BCUT2D eigenvalue weighted by Crippen LogP contribution is 2.31. The van der Waals surface area contributed by atoms with Gasteiger partial charge in [0.25, 0.3) is 5.91 Å². The summed E-state index contributed by atoms with van der Waals surface area (Å²) < 4.78 is 7.35. The SMILES string of the molecule is O=C(NNC(=O)c1ccc(-c2nc3ccccc3s2)o1)c1cc(Br)c[nH]1. The van der Waals surface area contributed by atoms with Crippen molar-refractivity contribution in [2.75, 3.05) is 0 Å². The van der Waals surface area contributed by atoms with Gasteiger partial charge >= 0.3 is 5.91 Å². The Hall–Kier alpha value is -2.91. The van der Waals surface area contributed by atoms with Crippen molar-refractivity contribution in [1.82, 2.24) is 20.8 Å². The Morgan fingerprint density at radius 3 is 2.69 bits per heavy atom. The number of nitrogens with one attached hydrogen (secondary N) is 3. The molecule has 26 heavy (non-hydrogen) atoms. The standard InChI is InChI=1S/C17H11BrN4O3S/c18-9-7-11(19-8-9)15(23)21-22-16(24)12-5-6-13(25-12)17-20-10-3-1-2-4-14(10)26-17/h1-8,19H,(H,21,23)(H,22,24). The third-order valence-corrected chi connectivity index (χ3v) is 5.03. The molecule has 0 aliphatic heterocycles. The molecule has 0 saturated heterocycles. The number of fused-ring (bicyclic) bond motifs is 1. The molecule has 3 heterocycles. The number of carbonyl (C=O) groups is 2. The van der Waals surface area contributed by atoms with Crippen LogP contribution in [0.4, 0.5) is 0 Å². The first-order chi connectivity index (χ1) is 12.6. The van der Waals surface area contributed by atoms with E-state index in [1.54, 1.807) is 18.3 Å². The molecule has 3 N–H and O–H groups in total. The van der Waals surface area contributed by atoms with Gasteiger partial charge in [-0.25, -0.2) is 4.98 Å². The molecular weight excluding hydrogens is 420 g/mol. The smallest absolute Gasteiger partial charge is 0.305 e. The molecule has 0 aliphatic rings. The van der Waals surface area contributed by atoms with Gasteiger partial charge in [0, 0.05) is 10.7 Å². The van der Waals surface area contributed by atoms with E-state index in [1.165, 1.54) is 17.4 Å². The monoisotopic (exact) mass is 430 g/mol. The number of thiazole rings is 1. The van der Waals surface area contributed by atoms with E-state index in [2.05, 4.69) is 36.7 Å². The van der Waals surface area contributed by atoms with Crippen molar-refractivity contribution in [2.24, 2.45) is 0 Å². The molecule has 0 atom stereocenters. The van der Waals surface area contributed by atoms with Crippen molar-refractivity contribution in [3.63, 3.8) is 0 Å². The summed E-state index contributed by atoms with van der Waals surface area (Å²) in [5.74, 6) is -0.457. The molecule has 4 rings (SSSR count). The lowest BCUT2D eigenvalue weighted by Gasteiger charge is -2.04. The van der Waals surface area contributed by atoms with Crippen LogP contribution in [0.3, 0.4) is 0 Å². The molecular formula is C17H11BrN4O3S. The summed E-state index contributed by atoms with van der Waals surface area (Å²) in [6.07, 6.45) is 1.62. The first-order valence-corrected chi connectivity index (χ1v) is 9.11. The summed E-state index contributed by atoms with van der Waals surface area (Å²) in [5, 5.41) is 0.686. The average molecular weight is 431 g/mol. The Labute approximate surface area is 159 Å². The number of para-hydroxylation sites is 1. The molecule has 7 nitrogen and oxygen atoms in total. The van der Waals surface area contributed by atoms with Gasteiger partial charge in [0.15, 0.2) is 16.5 Å². The molecule has 1 aromatic carbocycles. The lowest BCUT2D eigenvalue weighted by molar-refractivity contribution is 0.0829. The highest BCUT2D eigenvalue weighted by molar-refractivity contribution is 9.10. The molecule has 2 amide bonds. The lowest BCUT2D eigenvalue weighted by atomic mass is 10.3. The minimum absolute atomic E-state index is 0.0761. The number of aromatic amines is 1. The zero-order valence-corrected chi connectivity index (χ0v) is 15.5. The molecule has 0 fully saturated rings. The molecule has 130 valence electrons. The predicted molar refractivity (Wildman–Crippen MR) is 101 cm³/mol. The van der Waals surface area contributed by atoms with Crippen LogP contribution in [0, 0.1) is 0 Å². The van der Waals surface area contributed by atoms with E-state index in [4.69, 9.17) is 4.42 Å². The van der Waals surface area contributed by atoms with E-state index in [1.807, 2.05) is 24.3 Å². The number of furan rings is 1. The van der Waals surface area contributed by atoms with Crippen LogP contribution in [-0.2, 0) is 0 Å². The maximum atomic E-state index is 12.1. The van der Waals surface area contributed by atoms with Crippen molar-refractivity contribution in [3.05, 3.63) is 64.6 Å². The molecule has 3 aromatic heterocycles. The summed E-state index contributed by atoms with van der Waals surface area (Å²) in [6, 6.07) is 12.6. The number of carbonyl (C=O) groups excluding carboxylic acids is 2. The van der Waals surface area contributed by atoms with Crippen LogP contribution in [0.25, 0.3) is 21.0 Å². The highest BCUT2D eigenvalue weighted by atomic mass is 79.9. The van der Waals surface area contributed by atoms with Crippen molar-refractivity contribution >= 4 is 49.3 Å². The van der Waals surface area contributed by atoms with Gasteiger partial charge in [-0.05, 0) is 46.3 Å². The molecule has 0 bridgehead atoms. The number of aromatic nitrogens is 2. The van der Waals surface area contributed by atoms with Gasteiger partial charge in [0.1, 0.15) is 5.69 Å². The third-order valence-electron chi connectivity index (χ3n) is 3.52. The van der Waals surface area contributed by atoms with E-state index >= 15 is 0 Å². The number of nitrogens with zero attached hydrogens (tertiary/aromatic N) is 1. The van der Waals surface area contributed by atoms with Gasteiger partial charge < -0.3 is 9.40 Å². The molecule has 0 radical (unpaired) electrons. The summed E-state index contributed by atoms with van der Waals surface area (Å²) in [6.45, 7) is 0. The number of hydrogen-bond acceptors (Lipinski definition) is 5. The molecule has 4 aromatic rings. The number of H-pyrrole nitrogens is 1.